The van der Waals surface area contributed by atoms with Crippen LogP contribution >= 0.6 is 11.8 Å². The zero-order valence-corrected chi connectivity index (χ0v) is 14.7. The van der Waals surface area contributed by atoms with Gasteiger partial charge in [-0.25, -0.2) is 4.42 Å². The van der Waals surface area contributed by atoms with Crippen molar-refractivity contribution in [3.8, 4) is 11.5 Å². The molecular weight excluding hydrogens is 328 g/mol. The molecule has 0 saturated carbocycles. The number of carbonyl (C=O) groups is 1. The van der Waals surface area contributed by atoms with Gasteiger partial charge < -0.3 is 14.4 Å². The summed E-state index contributed by atoms with van der Waals surface area (Å²) in [5, 5.41) is 0. The third-order valence-corrected chi connectivity index (χ3v) is 5.88. The summed E-state index contributed by atoms with van der Waals surface area (Å²) in [4.78, 5) is 15.2. The van der Waals surface area contributed by atoms with Crippen molar-refractivity contribution in [2.24, 2.45) is 5.92 Å². The van der Waals surface area contributed by atoms with Gasteiger partial charge in [-0.1, -0.05) is 6.92 Å². The molecular formula is C18H23ClN2O3. The number of rotatable bonds is 3. The second-order valence-electron chi connectivity index (χ2n) is 6.94. The Morgan fingerprint density at radius 2 is 2.12 bits per heavy atom. The van der Waals surface area contributed by atoms with Crippen molar-refractivity contribution in [2.45, 2.75) is 38.3 Å². The number of fused-ring (bicyclic) bond motifs is 4. The van der Waals surface area contributed by atoms with E-state index >= 15 is 0 Å². The zero-order valence-electron chi connectivity index (χ0n) is 13.9. The highest BCUT2D eigenvalue weighted by Crippen LogP contribution is 2.36. The first kappa shape index (κ1) is 16.0. The van der Waals surface area contributed by atoms with Gasteiger partial charge in [-0.2, -0.15) is 0 Å². The van der Waals surface area contributed by atoms with Crippen molar-refractivity contribution in [3.63, 3.8) is 0 Å². The van der Waals surface area contributed by atoms with Crippen LogP contribution in [0.4, 0.5) is 0 Å². The molecule has 1 aromatic carbocycles. The molecule has 4 heterocycles. The topological polar surface area (TPSA) is 42.0 Å². The number of benzene rings is 1. The van der Waals surface area contributed by atoms with E-state index in [1.165, 1.54) is 4.42 Å². The van der Waals surface area contributed by atoms with Crippen LogP contribution in [0.2, 0.25) is 0 Å². The van der Waals surface area contributed by atoms with Gasteiger partial charge in [0, 0.05) is 23.9 Å². The lowest BCUT2D eigenvalue weighted by Crippen LogP contribution is -2.56. The quantitative estimate of drug-likeness (QED) is 0.786. The average Bonchev–Trinajstić information content (AvgIpc) is 2.66. The molecule has 1 unspecified atom stereocenters. The van der Waals surface area contributed by atoms with Crippen LogP contribution in [0.3, 0.4) is 0 Å². The summed E-state index contributed by atoms with van der Waals surface area (Å²) in [6.07, 6.45) is 3.16. The number of piperidine rings is 3. The molecule has 3 fully saturated rings. The number of halogens is 1. The monoisotopic (exact) mass is 350 g/mol. The number of hydrogen-bond acceptors (Lipinski definition) is 4. The molecule has 2 atom stereocenters. The van der Waals surface area contributed by atoms with E-state index in [2.05, 4.69) is 11.8 Å². The van der Waals surface area contributed by atoms with E-state index in [9.17, 15) is 4.79 Å². The highest BCUT2D eigenvalue weighted by Gasteiger charge is 2.39. The largest absolute Gasteiger partial charge is 0.486 e. The van der Waals surface area contributed by atoms with Crippen LogP contribution in [0.15, 0.2) is 18.2 Å². The minimum absolute atomic E-state index is 0.0387. The predicted octanol–water partition coefficient (Wildman–Crippen LogP) is 2.93. The van der Waals surface area contributed by atoms with E-state index in [0.29, 0.717) is 29.6 Å². The van der Waals surface area contributed by atoms with Gasteiger partial charge in [-0.05, 0) is 56.5 Å². The summed E-state index contributed by atoms with van der Waals surface area (Å²) in [5.74, 6) is 1.69. The van der Waals surface area contributed by atoms with E-state index in [4.69, 9.17) is 21.3 Å². The highest BCUT2D eigenvalue weighted by atomic mass is 35.5. The van der Waals surface area contributed by atoms with Crippen LogP contribution < -0.4 is 9.47 Å². The van der Waals surface area contributed by atoms with Crippen molar-refractivity contribution in [1.82, 2.24) is 9.32 Å². The van der Waals surface area contributed by atoms with Crippen molar-refractivity contribution in [3.05, 3.63) is 23.8 Å². The number of amides is 1. The standard InChI is InChI=1S/C18H23ClN2O3/c1-2-14-11-23-16-4-3-13(9-17(16)24-14)18(22)21(19)15-10-20-7-5-12(15)6-8-20/h3-4,9,12,14-15H,2,5-8,10-11H2,1H3/t14?,15-/m0/s1. The lowest BCUT2D eigenvalue weighted by atomic mass is 9.84. The molecule has 3 saturated heterocycles. The normalized spacial score (nSPS) is 30.9. The number of hydrogen-bond donors (Lipinski definition) is 0. The molecule has 4 aliphatic heterocycles. The molecule has 0 aliphatic carbocycles. The molecule has 4 aliphatic rings. The van der Waals surface area contributed by atoms with Gasteiger partial charge in [0.25, 0.3) is 5.91 Å². The Labute approximate surface area is 147 Å². The molecule has 0 radical (unpaired) electrons. The summed E-state index contributed by atoms with van der Waals surface area (Å²) >= 11 is 6.46. The van der Waals surface area contributed by atoms with Crippen LogP contribution in [0.1, 0.15) is 36.5 Å². The predicted molar refractivity (Wildman–Crippen MR) is 91.6 cm³/mol. The first-order chi connectivity index (χ1) is 11.7. The minimum atomic E-state index is -0.152. The van der Waals surface area contributed by atoms with Crippen molar-refractivity contribution in [1.29, 1.82) is 0 Å². The fourth-order valence-corrected chi connectivity index (χ4v) is 4.23. The fourth-order valence-electron chi connectivity index (χ4n) is 3.91. The van der Waals surface area contributed by atoms with Crippen LogP contribution in [0, 0.1) is 5.92 Å². The Hall–Kier alpha value is -1.46. The maximum Gasteiger partial charge on any atom is 0.268 e. The molecule has 0 aromatic heterocycles. The third kappa shape index (κ3) is 2.84. The summed E-state index contributed by atoms with van der Waals surface area (Å²) in [5.41, 5.74) is 0.556. The number of carbonyl (C=O) groups excluding carboxylic acids is 1. The second-order valence-corrected chi connectivity index (χ2v) is 7.31. The van der Waals surface area contributed by atoms with Crippen LogP contribution in [0.25, 0.3) is 0 Å². The SMILES string of the molecule is CCC1COc2ccc(C(=O)N(Cl)[C@H]3CN4CCC3CC4)cc2O1. The molecule has 5 rings (SSSR count). The molecule has 1 amide bonds. The number of ether oxygens (including phenoxy) is 2. The summed E-state index contributed by atoms with van der Waals surface area (Å²) in [6.45, 7) is 5.74. The molecule has 5 nitrogen and oxygen atoms in total. The van der Waals surface area contributed by atoms with Crippen LogP contribution in [-0.2, 0) is 0 Å². The lowest BCUT2D eigenvalue weighted by molar-refractivity contribution is 0.0340. The third-order valence-electron chi connectivity index (χ3n) is 5.47. The van der Waals surface area contributed by atoms with E-state index in [0.717, 1.165) is 38.9 Å². The van der Waals surface area contributed by atoms with Crippen molar-refractivity contribution in [2.75, 3.05) is 26.2 Å². The van der Waals surface area contributed by atoms with Gasteiger partial charge in [0.05, 0.1) is 6.04 Å². The lowest BCUT2D eigenvalue weighted by Gasteiger charge is -2.46. The first-order valence-corrected chi connectivity index (χ1v) is 9.14. The Morgan fingerprint density at radius 1 is 1.33 bits per heavy atom. The fraction of sp³-hybridized carbons (Fsp3) is 0.611. The minimum Gasteiger partial charge on any atom is -0.486 e. The molecule has 24 heavy (non-hydrogen) atoms. The summed E-state index contributed by atoms with van der Waals surface area (Å²) < 4.78 is 13.0. The first-order valence-electron chi connectivity index (χ1n) is 8.81. The summed E-state index contributed by atoms with van der Waals surface area (Å²) in [7, 11) is 0. The van der Waals surface area contributed by atoms with Gasteiger partial charge in [0.1, 0.15) is 12.7 Å². The zero-order chi connectivity index (χ0) is 16.7. The molecule has 0 spiro atoms. The van der Waals surface area contributed by atoms with Crippen LogP contribution in [-0.4, -0.2) is 53.6 Å². The van der Waals surface area contributed by atoms with Gasteiger partial charge in [-0.15, -0.1) is 0 Å². The van der Waals surface area contributed by atoms with Crippen LogP contribution in [0.5, 0.6) is 11.5 Å². The molecule has 2 bridgehead atoms. The van der Waals surface area contributed by atoms with E-state index in [-0.39, 0.29) is 18.1 Å². The van der Waals surface area contributed by atoms with Gasteiger partial charge in [0.15, 0.2) is 11.5 Å². The molecule has 6 heteroatoms. The van der Waals surface area contributed by atoms with E-state index < -0.39 is 0 Å². The number of nitrogens with zero attached hydrogens (tertiary/aromatic N) is 2. The van der Waals surface area contributed by atoms with Crippen molar-refractivity contribution < 1.29 is 14.3 Å². The van der Waals surface area contributed by atoms with E-state index in [1.54, 1.807) is 18.2 Å². The maximum atomic E-state index is 12.8. The molecule has 0 N–H and O–H groups in total. The van der Waals surface area contributed by atoms with Crippen molar-refractivity contribution >= 4 is 17.7 Å². The average molecular weight is 351 g/mol. The van der Waals surface area contributed by atoms with E-state index in [1.807, 2.05) is 0 Å². The highest BCUT2D eigenvalue weighted by molar-refractivity contribution is 6.24. The molecule has 130 valence electrons. The molecule has 1 aromatic rings. The van der Waals surface area contributed by atoms with Gasteiger partial charge >= 0.3 is 0 Å². The van der Waals surface area contributed by atoms with Gasteiger partial charge in [-0.3, -0.25) is 4.79 Å². The Kier molecular flexibility index (Phi) is 4.31. The second kappa shape index (κ2) is 6.45. The summed E-state index contributed by atoms with van der Waals surface area (Å²) in [6, 6.07) is 5.43. The Morgan fingerprint density at radius 3 is 2.79 bits per heavy atom. The Balaban J connectivity index is 1.52. The maximum absolute atomic E-state index is 12.8. The Bertz CT molecular complexity index is 631. The van der Waals surface area contributed by atoms with Gasteiger partial charge in [0.2, 0.25) is 0 Å². The smallest absolute Gasteiger partial charge is 0.268 e.